The van der Waals surface area contributed by atoms with E-state index >= 15 is 0 Å². The predicted octanol–water partition coefficient (Wildman–Crippen LogP) is 3.61. The number of carbonyl (C=O) groups is 2. The van der Waals surface area contributed by atoms with Gasteiger partial charge in [-0.2, -0.15) is 13.2 Å². The van der Waals surface area contributed by atoms with Gasteiger partial charge in [-0.25, -0.2) is 0 Å². The van der Waals surface area contributed by atoms with E-state index in [2.05, 4.69) is 0 Å². The molecular weight excluding hydrogens is 365 g/mol. The van der Waals surface area contributed by atoms with Crippen LogP contribution < -0.4 is 9.80 Å². The molecule has 2 aliphatic heterocycles. The van der Waals surface area contributed by atoms with Crippen LogP contribution in [-0.4, -0.2) is 24.6 Å². The van der Waals surface area contributed by atoms with Crippen LogP contribution in [0.25, 0.3) is 0 Å². The van der Waals surface area contributed by atoms with Crippen LogP contribution in [0.2, 0.25) is 0 Å². The normalized spacial score (nSPS) is 22.5. The lowest BCUT2D eigenvalue weighted by Crippen LogP contribution is -2.49. The summed E-state index contributed by atoms with van der Waals surface area (Å²) in [4.78, 5) is 27.0. The fraction of sp³-hybridized carbons (Fsp3) is 0.222. The molecule has 1 spiro atoms. The number of thioether (sulfide) groups is 1. The molecule has 8 heteroatoms. The van der Waals surface area contributed by atoms with Crippen LogP contribution in [0.5, 0.6) is 0 Å². The van der Waals surface area contributed by atoms with Crippen molar-refractivity contribution in [1.29, 1.82) is 0 Å². The summed E-state index contributed by atoms with van der Waals surface area (Å²) >= 11 is 1.14. The summed E-state index contributed by atoms with van der Waals surface area (Å²) in [6.07, 6.45) is -4.53. The van der Waals surface area contributed by atoms with E-state index in [9.17, 15) is 22.8 Å². The second kappa shape index (κ2) is 5.51. The van der Waals surface area contributed by atoms with Gasteiger partial charge in [-0.1, -0.05) is 24.3 Å². The summed E-state index contributed by atoms with van der Waals surface area (Å²) in [5.74, 6) is -0.718. The molecule has 26 heavy (non-hydrogen) atoms. The number of halogens is 3. The van der Waals surface area contributed by atoms with Gasteiger partial charge in [0.1, 0.15) is 0 Å². The average molecular weight is 378 g/mol. The monoisotopic (exact) mass is 378 g/mol. The van der Waals surface area contributed by atoms with E-state index in [0.717, 1.165) is 23.9 Å². The fourth-order valence-electron chi connectivity index (χ4n) is 3.48. The number of hydrogen-bond acceptors (Lipinski definition) is 3. The van der Waals surface area contributed by atoms with E-state index in [1.54, 1.807) is 31.3 Å². The standard InChI is InChI=1S/C18H13F3N2O2S/c1-22-14-8-3-2-7-13(14)17(16(22)25)23(15(24)10-26-17)12-6-4-5-11(9-12)18(19,20)21/h2-9H,10H2,1H3/t17-/m0/s1. The smallest absolute Gasteiger partial charge is 0.312 e. The Bertz CT molecular complexity index is 931. The molecular formula is C18H13F3N2O2S. The Balaban J connectivity index is 1.92. The van der Waals surface area contributed by atoms with Crippen molar-refractivity contribution in [1.82, 2.24) is 0 Å². The molecule has 2 aliphatic rings. The SMILES string of the molecule is CN1C(=O)[C@@]2(SCC(=O)N2c2cccc(C(F)(F)F)c2)c2ccccc21. The molecule has 4 nitrogen and oxygen atoms in total. The van der Waals surface area contributed by atoms with Gasteiger partial charge in [0.15, 0.2) is 0 Å². The van der Waals surface area contributed by atoms with Crippen LogP contribution in [-0.2, 0) is 20.6 Å². The van der Waals surface area contributed by atoms with Crippen LogP contribution in [0.15, 0.2) is 48.5 Å². The summed E-state index contributed by atoms with van der Waals surface area (Å²) in [7, 11) is 1.60. The maximum Gasteiger partial charge on any atom is 0.416 e. The molecule has 0 aliphatic carbocycles. The molecule has 2 heterocycles. The molecule has 2 aromatic carbocycles. The van der Waals surface area contributed by atoms with E-state index in [1.165, 1.54) is 21.9 Å². The van der Waals surface area contributed by atoms with Gasteiger partial charge in [0.05, 0.1) is 17.0 Å². The first-order valence-corrected chi connectivity index (χ1v) is 8.77. The van der Waals surface area contributed by atoms with Crippen molar-refractivity contribution in [3.8, 4) is 0 Å². The summed E-state index contributed by atoms with van der Waals surface area (Å²) in [6.45, 7) is 0. The van der Waals surface area contributed by atoms with Gasteiger partial charge in [-0.05, 0) is 24.3 Å². The summed E-state index contributed by atoms with van der Waals surface area (Å²) < 4.78 is 39.3. The predicted molar refractivity (Wildman–Crippen MR) is 92.9 cm³/mol. The topological polar surface area (TPSA) is 40.6 Å². The Kier molecular flexibility index (Phi) is 3.59. The first-order chi connectivity index (χ1) is 12.3. The number of para-hydroxylation sites is 1. The van der Waals surface area contributed by atoms with E-state index in [-0.39, 0.29) is 17.3 Å². The zero-order valence-electron chi connectivity index (χ0n) is 13.6. The van der Waals surface area contributed by atoms with Crippen LogP contribution in [0.3, 0.4) is 0 Å². The number of hydrogen-bond donors (Lipinski definition) is 0. The Morgan fingerprint density at radius 3 is 2.54 bits per heavy atom. The van der Waals surface area contributed by atoms with Gasteiger partial charge in [-0.15, -0.1) is 11.8 Å². The maximum absolute atomic E-state index is 13.1. The minimum Gasteiger partial charge on any atom is -0.312 e. The number of anilines is 2. The average Bonchev–Trinajstić information content (AvgIpc) is 3.07. The first-order valence-electron chi connectivity index (χ1n) is 7.79. The third-order valence-electron chi connectivity index (χ3n) is 4.63. The van der Waals surface area contributed by atoms with E-state index in [0.29, 0.717) is 11.3 Å². The molecule has 1 atom stereocenters. The van der Waals surface area contributed by atoms with Crippen LogP contribution in [0, 0.1) is 0 Å². The molecule has 2 amide bonds. The molecule has 4 rings (SSSR count). The molecule has 2 aromatic rings. The Morgan fingerprint density at radius 2 is 1.81 bits per heavy atom. The lowest BCUT2D eigenvalue weighted by molar-refractivity contribution is -0.137. The van der Waals surface area contributed by atoms with Crippen molar-refractivity contribution in [3.63, 3.8) is 0 Å². The van der Waals surface area contributed by atoms with Crippen molar-refractivity contribution in [3.05, 3.63) is 59.7 Å². The summed E-state index contributed by atoms with van der Waals surface area (Å²) in [6, 6.07) is 11.6. The van der Waals surface area contributed by atoms with E-state index in [1.807, 2.05) is 0 Å². The Morgan fingerprint density at radius 1 is 1.08 bits per heavy atom. The van der Waals surface area contributed by atoms with Gasteiger partial charge >= 0.3 is 6.18 Å². The van der Waals surface area contributed by atoms with Crippen LogP contribution in [0.4, 0.5) is 24.5 Å². The fourth-order valence-corrected chi connectivity index (χ4v) is 4.86. The van der Waals surface area contributed by atoms with Gasteiger partial charge < -0.3 is 4.90 Å². The van der Waals surface area contributed by atoms with Gasteiger partial charge in [0.2, 0.25) is 10.8 Å². The molecule has 1 saturated heterocycles. The number of fused-ring (bicyclic) bond motifs is 2. The van der Waals surface area contributed by atoms with Gasteiger partial charge in [-0.3, -0.25) is 14.5 Å². The number of likely N-dealkylation sites (N-methyl/N-ethyl adjacent to an activating group) is 1. The van der Waals surface area contributed by atoms with E-state index in [4.69, 9.17) is 0 Å². The van der Waals surface area contributed by atoms with Crippen LogP contribution in [0.1, 0.15) is 11.1 Å². The van der Waals surface area contributed by atoms with E-state index < -0.39 is 22.5 Å². The van der Waals surface area contributed by atoms with Crippen molar-refractivity contribution in [2.45, 2.75) is 11.0 Å². The van der Waals surface area contributed by atoms with Gasteiger partial charge in [0.25, 0.3) is 5.91 Å². The third-order valence-corrected chi connectivity index (χ3v) is 6.01. The Labute approximate surface area is 151 Å². The first kappa shape index (κ1) is 17.0. The van der Waals surface area contributed by atoms with Gasteiger partial charge in [0, 0.05) is 18.3 Å². The van der Waals surface area contributed by atoms with Crippen molar-refractivity contribution < 1.29 is 22.8 Å². The van der Waals surface area contributed by atoms with Crippen molar-refractivity contribution >= 4 is 35.0 Å². The molecule has 0 N–H and O–H groups in total. The minimum absolute atomic E-state index is 0.0180. The summed E-state index contributed by atoms with van der Waals surface area (Å²) in [5, 5.41) is 0. The highest BCUT2D eigenvalue weighted by atomic mass is 32.2. The van der Waals surface area contributed by atoms with Crippen LogP contribution >= 0.6 is 11.8 Å². The molecule has 0 unspecified atom stereocenters. The quantitative estimate of drug-likeness (QED) is 0.761. The molecule has 134 valence electrons. The molecule has 0 saturated carbocycles. The molecule has 0 bridgehead atoms. The van der Waals surface area contributed by atoms with Crippen molar-refractivity contribution in [2.24, 2.45) is 0 Å². The minimum atomic E-state index is -4.53. The third kappa shape index (κ3) is 2.18. The number of amides is 2. The zero-order chi connectivity index (χ0) is 18.7. The highest BCUT2D eigenvalue weighted by molar-refractivity contribution is 8.02. The highest BCUT2D eigenvalue weighted by Crippen LogP contribution is 2.55. The second-order valence-electron chi connectivity index (χ2n) is 6.09. The summed E-state index contributed by atoms with van der Waals surface area (Å²) in [5.41, 5.74) is 0.465. The maximum atomic E-state index is 13.1. The zero-order valence-corrected chi connectivity index (χ0v) is 14.4. The second-order valence-corrected chi connectivity index (χ2v) is 7.26. The Hall–Kier alpha value is -2.48. The largest absolute Gasteiger partial charge is 0.416 e. The number of carbonyl (C=O) groups excluding carboxylic acids is 2. The van der Waals surface area contributed by atoms with Crippen molar-refractivity contribution in [2.75, 3.05) is 22.6 Å². The molecule has 1 fully saturated rings. The number of nitrogens with zero attached hydrogens (tertiary/aromatic N) is 2. The number of rotatable bonds is 1. The molecule has 0 radical (unpaired) electrons. The number of alkyl halides is 3. The molecule has 0 aromatic heterocycles. The lowest BCUT2D eigenvalue weighted by Gasteiger charge is -2.33. The lowest BCUT2D eigenvalue weighted by atomic mass is 10.0. The number of benzene rings is 2. The highest BCUT2D eigenvalue weighted by Gasteiger charge is 2.60.